The van der Waals surface area contributed by atoms with E-state index in [1.54, 1.807) is 7.05 Å². The molecule has 0 aromatic carbocycles. The van der Waals surface area contributed by atoms with Crippen molar-refractivity contribution in [3.8, 4) is 5.88 Å². The van der Waals surface area contributed by atoms with Crippen LogP contribution >= 0.6 is 0 Å². The van der Waals surface area contributed by atoms with Gasteiger partial charge in [0.2, 0.25) is 0 Å². The van der Waals surface area contributed by atoms with E-state index in [1.165, 1.54) is 10.9 Å². The van der Waals surface area contributed by atoms with Crippen LogP contribution in [0.25, 0.3) is 0 Å². The molecule has 0 saturated carbocycles. The molecule has 1 aromatic heterocycles. The molecule has 1 aliphatic heterocycles. The van der Waals surface area contributed by atoms with Gasteiger partial charge in [-0.15, -0.1) is 0 Å². The van der Waals surface area contributed by atoms with Gasteiger partial charge < -0.3 is 9.47 Å². The van der Waals surface area contributed by atoms with Gasteiger partial charge in [0, 0.05) is 20.3 Å². The smallest absolute Gasteiger partial charge is 0.350 e. The van der Waals surface area contributed by atoms with Crippen LogP contribution in [0.5, 0.6) is 5.88 Å². The number of nitro groups is 1. The van der Waals surface area contributed by atoms with Crippen LogP contribution in [-0.2, 0) is 11.8 Å². The molecule has 1 aromatic rings. The SMILES string of the molecule is Cn1ncc([N+](=O)[O-])c1OCC1CCOCC1. The largest absolute Gasteiger partial charge is 0.473 e. The molecular formula is C10H15N3O4. The second-order valence-electron chi connectivity index (χ2n) is 4.08. The third-order valence-corrected chi connectivity index (χ3v) is 2.86. The van der Waals surface area contributed by atoms with Crippen LogP contribution in [0.15, 0.2) is 6.20 Å². The first-order valence-electron chi connectivity index (χ1n) is 5.55. The third kappa shape index (κ3) is 2.73. The highest BCUT2D eigenvalue weighted by Crippen LogP contribution is 2.26. The molecule has 0 amide bonds. The molecule has 0 N–H and O–H groups in total. The predicted octanol–water partition coefficient (Wildman–Crippen LogP) is 1.13. The van der Waals surface area contributed by atoms with Crippen molar-refractivity contribution in [1.82, 2.24) is 9.78 Å². The number of hydrogen-bond donors (Lipinski definition) is 0. The lowest BCUT2D eigenvalue weighted by Crippen LogP contribution is -2.22. The van der Waals surface area contributed by atoms with Crippen molar-refractivity contribution in [2.45, 2.75) is 12.8 Å². The number of aromatic nitrogens is 2. The maximum absolute atomic E-state index is 10.7. The van der Waals surface area contributed by atoms with Crippen LogP contribution in [0.4, 0.5) is 5.69 Å². The van der Waals surface area contributed by atoms with Crippen molar-refractivity contribution < 1.29 is 14.4 Å². The zero-order valence-corrected chi connectivity index (χ0v) is 9.66. The monoisotopic (exact) mass is 241 g/mol. The van der Waals surface area contributed by atoms with Gasteiger partial charge in [-0.05, 0) is 18.8 Å². The maximum Gasteiger partial charge on any atom is 0.350 e. The minimum absolute atomic E-state index is 0.0837. The van der Waals surface area contributed by atoms with Crippen molar-refractivity contribution in [2.75, 3.05) is 19.8 Å². The van der Waals surface area contributed by atoms with E-state index in [9.17, 15) is 10.1 Å². The molecule has 7 heteroatoms. The summed E-state index contributed by atoms with van der Waals surface area (Å²) in [7, 11) is 1.63. The highest BCUT2D eigenvalue weighted by Gasteiger charge is 2.22. The Morgan fingerprint density at radius 2 is 2.35 bits per heavy atom. The van der Waals surface area contributed by atoms with Gasteiger partial charge in [-0.2, -0.15) is 5.10 Å². The Kier molecular flexibility index (Phi) is 3.58. The fraction of sp³-hybridized carbons (Fsp3) is 0.700. The Balaban J connectivity index is 1.97. The Bertz CT molecular complexity index is 398. The second kappa shape index (κ2) is 5.13. The topological polar surface area (TPSA) is 79.4 Å². The Morgan fingerprint density at radius 3 is 3.00 bits per heavy atom. The van der Waals surface area contributed by atoms with Gasteiger partial charge >= 0.3 is 5.69 Å². The zero-order valence-electron chi connectivity index (χ0n) is 9.66. The van der Waals surface area contributed by atoms with Crippen molar-refractivity contribution in [1.29, 1.82) is 0 Å². The van der Waals surface area contributed by atoms with Crippen molar-refractivity contribution in [3.63, 3.8) is 0 Å². The van der Waals surface area contributed by atoms with Gasteiger partial charge in [0.1, 0.15) is 6.20 Å². The fourth-order valence-electron chi connectivity index (χ4n) is 1.82. The predicted molar refractivity (Wildman–Crippen MR) is 58.9 cm³/mol. The van der Waals surface area contributed by atoms with Crippen LogP contribution in [0.2, 0.25) is 0 Å². The van der Waals surface area contributed by atoms with Crippen LogP contribution < -0.4 is 4.74 Å². The summed E-state index contributed by atoms with van der Waals surface area (Å²) in [5, 5.41) is 14.6. The number of ether oxygens (including phenoxy) is 2. The van der Waals surface area contributed by atoms with E-state index in [4.69, 9.17) is 9.47 Å². The van der Waals surface area contributed by atoms with Crippen LogP contribution in [0, 0.1) is 16.0 Å². The van der Waals surface area contributed by atoms with Crippen molar-refractivity contribution in [2.24, 2.45) is 13.0 Å². The van der Waals surface area contributed by atoms with E-state index in [1.807, 2.05) is 0 Å². The van der Waals surface area contributed by atoms with E-state index in [2.05, 4.69) is 5.10 Å². The molecule has 1 saturated heterocycles. The Hall–Kier alpha value is -1.63. The molecular weight excluding hydrogens is 226 g/mol. The van der Waals surface area contributed by atoms with Gasteiger partial charge in [-0.1, -0.05) is 0 Å². The van der Waals surface area contributed by atoms with Gasteiger partial charge in [0.25, 0.3) is 5.88 Å². The summed E-state index contributed by atoms with van der Waals surface area (Å²) in [5.41, 5.74) is -0.0837. The molecule has 2 heterocycles. The molecule has 94 valence electrons. The molecule has 7 nitrogen and oxygen atoms in total. The summed E-state index contributed by atoms with van der Waals surface area (Å²) in [5.74, 6) is 0.625. The quantitative estimate of drug-likeness (QED) is 0.583. The summed E-state index contributed by atoms with van der Waals surface area (Å²) in [4.78, 5) is 10.3. The second-order valence-corrected chi connectivity index (χ2v) is 4.08. The summed E-state index contributed by atoms with van der Waals surface area (Å²) in [6.07, 6.45) is 3.08. The normalized spacial score (nSPS) is 17.0. The van der Waals surface area contributed by atoms with E-state index < -0.39 is 4.92 Å². The van der Waals surface area contributed by atoms with Crippen LogP contribution in [-0.4, -0.2) is 34.5 Å². The molecule has 0 atom stereocenters. The van der Waals surface area contributed by atoms with E-state index >= 15 is 0 Å². The molecule has 0 spiro atoms. The van der Waals surface area contributed by atoms with Gasteiger partial charge in [0.05, 0.1) is 11.5 Å². The summed E-state index contributed by atoms with van der Waals surface area (Å²) < 4.78 is 12.1. The molecule has 17 heavy (non-hydrogen) atoms. The lowest BCUT2D eigenvalue weighted by atomic mass is 10.0. The molecule has 0 aliphatic carbocycles. The minimum Gasteiger partial charge on any atom is -0.473 e. The van der Waals surface area contributed by atoms with Crippen LogP contribution in [0.3, 0.4) is 0 Å². The third-order valence-electron chi connectivity index (χ3n) is 2.86. The van der Waals surface area contributed by atoms with E-state index in [0.29, 0.717) is 12.5 Å². The highest BCUT2D eigenvalue weighted by molar-refractivity contribution is 5.38. The summed E-state index contributed by atoms with van der Waals surface area (Å²) in [6, 6.07) is 0. The molecule has 0 unspecified atom stereocenters. The van der Waals surface area contributed by atoms with Crippen molar-refractivity contribution in [3.05, 3.63) is 16.3 Å². The van der Waals surface area contributed by atoms with Crippen molar-refractivity contribution >= 4 is 5.69 Å². The minimum atomic E-state index is -0.480. The first-order chi connectivity index (χ1) is 8.18. The number of nitrogens with zero attached hydrogens (tertiary/aromatic N) is 3. The molecule has 0 radical (unpaired) electrons. The summed E-state index contributed by atoms with van der Waals surface area (Å²) in [6.45, 7) is 1.95. The van der Waals surface area contributed by atoms with E-state index in [0.717, 1.165) is 26.1 Å². The van der Waals surface area contributed by atoms with Gasteiger partial charge in [-0.25, -0.2) is 4.68 Å². The van der Waals surface area contributed by atoms with E-state index in [-0.39, 0.29) is 11.6 Å². The Labute approximate surface area is 98.5 Å². The zero-order chi connectivity index (χ0) is 12.3. The highest BCUT2D eigenvalue weighted by atomic mass is 16.6. The Morgan fingerprint density at radius 1 is 1.65 bits per heavy atom. The fourth-order valence-corrected chi connectivity index (χ4v) is 1.82. The number of rotatable bonds is 4. The first kappa shape index (κ1) is 11.8. The standard InChI is InChI=1S/C10H15N3O4/c1-12-10(9(6-11-12)13(14)15)17-7-8-2-4-16-5-3-8/h6,8H,2-5,7H2,1H3. The van der Waals surface area contributed by atoms with Gasteiger partial charge in [0.15, 0.2) is 0 Å². The number of aryl methyl sites for hydroxylation is 1. The average Bonchev–Trinajstić information content (AvgIpc) is 2.69. The maximum atomic E-state index is 10.7. The summed E-state index contributed by atoms with van der Waals surface area (Å²) >= 11 is 0. The van der Waals surface area contributed by atoms with Gasteiger partial charge in [-0.3, -0.25) is 10.1 Å². The lowest BCUT2D eigenvalue weighted by Gasteiger charge is -2.21. The molecule has 1 aliphatic rings. The van der Waals surface area contributed by atoms with Crippen LogP contribution in [0.1, 0.15) is 12.8 Å². The first-order valence-corrected chi connectivity index (χ1v) is 5.55. The molecule has 0 bridgehead atoms. The number of hydrogen-bond acceptors (Lipinski definition) is 5. The average molecular weight is 241 g/mol. The molecule has 1 fully saturated rings. The lowest BCUT2D eigenvalue weighted by molar-refractivity contribution is -0.386. The molecule has 2 rings (SSSR count).